The molecule has 0 radical (unpaired) electrons. The van der Waals surface area contributed by atoms with E-state index < -0.39 is 5.97 Å². The van der Waals surface area contributed by atoms with Crippen LogP contribution in [0.25, 0.3) is 0 Å². The smallest absolute Gasteiger partial charge is 0.325 e. The molecule has 0 bridgehead atoms. The van der Waals surface area contributed by atoms with Crippen LogP contribution in [0, 0.1) is 6.92 Å². The van der Waals surface area contributed by atoms with E-state index in [2.05, 4.69) is 13.5 Å². The Bertz CT molecular complexity index is 493. The second-order valence-corrected chi connectivity index (χ2v) is 5.49. The summed E-state index contributed by atoms with van der Waals surface area (Å²) in [5, 5.41) is 0. The van der Waals surface area contributed by atoms with Crippen molar-refractivity contribution in [3.8, 4) is 0 Å². The second-order valence-electron chi connectivity index (χ2n) is 4.35. The zero-order chi connectivity index (χ0) is 15.1. The molecule has 1 amide bonds. The average Bonchev–Trinajstić information content (AvgIpc) is 2.79. The molecule has 0 aliphatic carbocycles. The van der Waals surface area contributed by atoms with Crippen molar-refractivity contribution < 1.29 is 14.3 Å². The number of carbonyl (C=O) groups is 2. The lowest BCUT2D eigenvalue weighted by atomic mass is 10.2. The van der Waals surface area contributed by atoms with E-state index in [4.69, 9.17) is 4.74 Å². The number of amides is 1. The van der Waals surface area contributed by atoms with Crippen LogP contribution < -0.4 is 0 Å². The molecule has 1 aromatic heterocycles. The van der Waals surface area contributed by atoms with Gasteiger partial charge in [0.25, 0.3) is 5.91 Å². The Morgan fingerprint density at radius 2 is 2.15 bits per heavy atom. The molecule has 0 saturated carbocycles. The molecule has 1 aromatic rings. The third kappa shape index (κ3) is 4.20. The maximum atomic E-state index is 12.4. The normalized spacial score (nSPS) is 10.2. The molecule has 1 rings (SSSR count). The minimum atomic E-state index is -0.397. The van der Waals surface area contributed by atoms with E-state index in [-0.39, 0.29) is 12.5 Å². The van der Waals surface area contributed by atoms with E-state index in [9.17, 15) is 9.59 Å². The van der Waals surface area contributed by atoms with Gasteiger partial charge in [0.2, 0.25) is 0 Å². The molecule has 0 unspecified atom stereocenters. The summed E-state index contributed by atoms with van der Waals surface area (Å²) in [6.07, 6.45) is 2.52. The zero-order valence-electron chi connectivity index (χ0n) is 12.3. The SMILES string of the molecule is C=CCN(CC(=O)OCC)C(=O)c1cc(C)c(CC)s1. The van der Waals surface area contributed by atoms with Crippen molar-refractivity contribution in [3.05, 3.63) is 34.0 Å². The fourth-order valence-electron chi connectivity index (χ4n) is 1.87. The summed E-state index contributed by atoms with van der Waals surface area (Å²) in [5.74, 6) is -0.544. The third-order valence-electron chi connectivity index (χ3n) is 2.81. The van der Waals surface area contributed by atoms with Crippen molar-refractivity contribution >= 4 is 23.2 Å². The number of carbonyl (C=O) groups excluding carboxylic acids is 2. The lowest BCUT2D eigenvalue weighted by molar-refractivity contribution is -0.143. The average molecular weight is 295 g/mol. The van der Waals surface area contributed by atoms with Gasteiger partial charge >= 0.3 is 5.97 Å². The van der Waals surface area contributed by atoms with Gasteiger partial charge in [-0.15, -0.1) is 17.9 Å². The first-order valence-corrected chi connectivity index (χ1v) is 7.50. The molecule has 110 valence electrons. The predicted octanol–water partition coefficient (Wildman–Crippen LogP) is 2.81. The van der Waals surface area contributed by atoms with E-state index in [1.165, 1.54) is 21.1 Å². The molecular weight excluding hydrogens is 274 g/mol. The van der Waals surface area contributed by atoms with Gasteiger partial charge in [-0.2, -0.15) is 0 Å². The summed E-state index contributed by atoms with van der Waals surface area (Å²) in [7, 11) is 0. The standard InChI is InChI=1S/C15H21NO3S/c1-5-8-16(10-14(17)19-7-3)15(18)13-9-11(4)12(6-2)20-13/h5,9H,1,6-8,10H2,2-4H3. The van der Waals surface area contributed by atoms with Gasteiger partial charge in [0.1, 0.15) is 6.54 Å². The minimum Gasteiger partial charge on any atom is -0.465 e. The van der Waals surface area contributed by atoms with Gasteiger partial charge in [0.05, 0.1) is 11.5 Å². The summed E-state index contributed by atoms with van der Waals surface area (Å²) in [4.78, 5) is 27.3. The summed E-state index contributed by atoms with van der Waals surface area (Å²) >= 11 is 1.48. The molecule has 0 aromatic carbocycles. The van der Waals surface area contributed by atoms with Gasteiger partial charge in [-0.05, 0) is 31.9 Å². The lowest BCUT2D eigenvalue weighted by Crippen LogP contribution is -2.36. The third-order valence-corrected chi connectivity index (χ3v) is 4.18. The summed E-state index contributed by atoms with van der Waals surface area (Å²) in [5.41, 5.74) is 1.12. The summed E-state index contributed by atoms with van der Waals surface area (Å²) in [6.45, 7) is 10.0. The first-order valence-electron chi connectivity index (χ1n) is 6.68. The lowest BCUT2D eigenvalue weighted by Gasteiger charge is -2.19. The van der Waals surface area contributed by atoms with E-state index in [0.717, 1.165) is 12.0 Å². The maximum absolute atomic E-state index is 12.4. The highest BCUT2D eigenvalue weighted by atomic mass is 32.1. The monoisotopic (exact) mass is 295 g/mol. The maximum Gasteiger partial charge on any atom is 0.325 e. The number of hydrogen-bond donors (Lipinski definition) is 0. The van der Waals surface area contributed by atoms with Gasteiger partial charge in [-0.25, -0.2) is 0 Å². The van der Waals surface area contributed by atoms with Gasteiger partial charge < -0.3 is 9.64 Å². The first-order chi connectivity index (χ1) is 9.53. The Kier molecular flexibility index (Phi) is 6.45. The van der Waals surface area contributed by atoms with Crippen LogP contribution in [0.4, 0.5) is 0 Å². The van der Waals surface area contributed by atoms with Crippen LogP contribution in [0.5, 0.6) is 0 Å². The fourth-order valence-corrected chi connectivity index (χ4v) is 2.95. The highest BCUT2D eigenvalue weighted by Crippen LogP contribution is 2.23. The molecule has 0 atom stereocenters. The van der Waals surface area contributed by atoms with Crippen LogP contribution in [0.15, 0.2) is 18.7 Å². The number of ether oxygens (including phenoxy) is 1. The van der Waals surface area contributed by atoms with E-state index in [1.807, 2.05) is 13.0 Å². The van der Waals surface area contributed by atoms with Crippen molar-refractivity contribution in [3.63, 3.8) is 0 Å². The molecular formula is C15H21NO3S. The summed E-state index contributed by atoms with van der Waals surface area (Å²) in [6, 6.07) is 1.88. The molecule has 1 heterocycles. The molecule has 4 nitrogen and oxygen atoms in total. The van der Waals surface area contributed by atoms with Crippen LogP contribution in [-0.4, -0.2) is 36.5 Å². The topological polar surface area (TPSA) is 46.6 Å². The van der Waals surface area contributed by atoms with Crippen molar-refractivity contribution in [2.75, 3.05) is 19.7 Å². The van der Waals surface area contributed by atoms with Gasteiger partial charge in [-0.1, -0.05) is 13.0 Å². The predicted molar refractivity (Wildman–Crippen MR) is 81.2 cm³/mol. The summed E-state index contributed by atoms with van der Waals surface area (Å²) < 4.78 is 4.89. The number of aryl methyl sites for hydroxylation is 2. The number of rotatable bonds is 7. The number of nitrogens with zero attached hydrogens (tertiary/aromatic N) is 1. The van der Waals surface area contributed by atoms with Crippen LogP contribution >= 0.6 is 11.3 Å². The Morgan fingerprint density at radius 3 is 2.65 bits per heavy atom. The molecule has 0 saturated heterocycles. The largest absolute Gasteiger partial charge is 0.465 e. The highest BCUT2D eigenvalue weighted by molar-refractivity contribution is 7.14. The Labute approximate surface area is 124 Å². The minimum absolute atomic E-state index is 0.0445. The molecule has 0 aliphatic rings. The molecule has 0 spiro atoms. The van der Waals surface area contributed by atoms with E-state index >= 15 is 0 Å². The van der Waals surface area contributed by atoms with Gasteiger partial charge in [0, 0.05) is 11.4 Å². The molecule has 0 fully saturated rings. The Balaban J connectivity index is 2.86. The van der Waals surface area contributed by atoms with Crippen LogP contribution in [0.2, 0.25) is 0 Å². The Morgan fingerprint density at radius 1 is 1.45 bits per heavy atom. The van der Waals surface area contributed by atoms with Crippen molar-refractivity contribution in [1.29, 1.82) is 0 Å². The van der Waals surface area contributed by atoms with Crippen molar-refractivity contribution in [2.45, 2.75) is 27.2 Å². The van der Waals surface area contributed by atoms with Gasteiger partial charge in [-0.3, -0.25) is 9.59 Å². The number of thiophene rings is 1. The number of hydrogen-bond acceptors (Lipinski definition) is 4. The second kappa shape index (κ2) is 7.85. The van der Waals surface area contributed by atoms with Crippen molar-refractivity contribution in [2.24, 2.45) is 0 Å². The van der Waals surface area contributed by atoms with Crippen LogP contribution in [0.1, 0.15) is 34.0 Å². The zero-order valence-corrected chi connectivity index (χ0v) is 13.1. The number of esters is 1. The quantitative estimate of drug-likeness (QED) is 0.574. The van der Waals surface area contributed by atoms with Gasteiger partial charge in [0.15, 0.2) is 0 Å². The highest BCUT2D eigenvalue weighted by Gasteiger charge is 2.20. The van der Waals surface area contributed by atoms with Crippen LogP contribution in [-0.2, 0) is 16.0 Å². The molecule has 20 heavy (non-hydrogen) atoms. The van der Waals surface area contributed by atoms with Crippen LogP contribution in [0.3, 0.4) is 0 Å². The molecule has 0 N–H and O–H groups in total. The van der Waals surface area contributed by atoms with E-state index in [1.54, 1.807) is 13.0 Å². The van der Waals surface area contributed by atoms with E-state index in [0.29, 0.717) is 18.0 Å². The first kappa shape index (κ1) is 16.4. The Hall–Kier alpha value is -1.62. The van der Waals surface area contributed by atoms with Crippen molar-refractivity contribution in [1.82, 2.24) is 4.90 Å². The molecule has 5 heteroatoms. The fraction of sp³-hybridized carbons (Fsp3) is 0.467. The molecule has 0 aliphatic heterocycles.